The second-order valence-corrected chi connectivity index (χ2v) is 6.31. The lowest BCUT2D eigenvalue weighted by molar-refractivity contribution is -0.123. The van der Waals surface area contributed by atoms with Crippen molar-refractivity contribution in [1.82, 2.24) is 5.43 Å². The van der Waals surface area contributed by atoms with Crippen LogP contribution in [0.25, 0.3) is 0 Å². The Bertz CT molecular complexity index is 766. The minimum Gasteiger partial charge on any atom is -0.482 e. The van der Waals surface area contributed by atoms with Crippen molar-refractivity contribution in [1.29, 1.82) is 0 Å². The summed E-state index contributed by atoms with van der Waals surface area (Å²) >= 11 is 11.8. The first-order chi connectivity index (χ1) is 11.4. The lowest BCUT2D eigenvalue weighted by Crippen LogP contribution is -2.24. The van der Waals surface area contributed by atoms with Crippen molar-refractivity contribution >= 4 is 35.3 Å². The molecule has 0 fully saturated rings. The molecule has 0 spiro atoms. The van der Waals surface area contributed by atoms with Crippen LogP contribution >= 0.6 is 23.2 Å². The van der Waals surface area contributed by atoms with Gasteiger partial charge in [0.05, 0.1) is 11.2 Å². The Morgan fingerprint density at radius 1 is 1.17 bits per heavy atom. The van der Waals surface area contributed by atoms with Crippen LogP contribution in [0.4, 0.5) is 0 Å². The van der Waals surface area contributed by atoms with E-state index in [0.29, 0.717) is 15.8 Å². The predicted molar refractivity (Wildman–Crippen MR) is 98.3 cm³/mol. The maximum Gasteiger partial charge on any atom is 0.277 e. The number of nitrogens with one attached hydrogen (secondary N) is 1. The lowest BCUT2D eigenvalue weighted by Gasteiger charge is -2.08. The van der Waals surface area contributed by atoms with Gasteiger partial charge in [-0.2, -0.15) is 5.10 Å². The van der Waals surface area contributed by atoms with Gasteiger partial charge in [-0.05, 0) is 50.1 Å². The molecule has 0 saturated heterocycles. The number of hydrogen-bond donors (Lipinski definition) is 1. The molecule has 6 heteroatoms. The molecule has 0 atom stereocenters. The number of hydrogen-bond acceptors (Lipinski definition) is 3. The van der Waals surface area contributed by atoms with E-state index in [0.717, 1.165) is 16.7 Å². The quantitative estimate of drug-likeness (QED) is 0.629. The van der Waals surface area contributed by atoms with Gasteiger partial charge in [0.25, 0.3) is 5.91 Å². The summed E-state index contributed by atoms with van der Waals surface area (Å²) < 4.78 is 5.34. The Balaban J connectivity index is 1.91. The number of rotatable bonds is 5. The number of hydrazone groups is 1. The molecule has 4 nitrogen and oxygen atoms in total. The lowest BCUT2D eigenvalue weighted by atomic mass is 10.0. The van der Waals surface area contributed by atoms with Crippen molar-refractivity contribution in [3.8, 4) is 5.75 Å². The third-order valence-electron chi connectivity index (χ3n) is 3.37. The summed E-state index contributed by atoms with van der Waals surface area (Å²) in [5.41, 5.74) is 6.83. The highest BCUT2D eigenvalue weighted by Gasteiger charge is 2.06. The molecule has 24 heavy (non-hydrogen) atoms. The monoisotopic (exact) mass is 364 g/mol. The Hall–Kier alpha value is -2.04. The van der Waals surface area contributed by atoms with Gasteiger partial charge in [0, 0.05) is 10.6 Å². The molecule has 1 amide bonds. The zero-order chi connectivity index (χ0) is 17.7. The van der Waals surface area contributed by atoms with Crippen molar-refractivity contribution in [2.24, 2.45) is 5.10 Å². The average molecular weight is 365 g/mol. The molecule has 0 saturated carbocycles. The van der Waals surface area contributed by atoms with E-state index >= 15 is 0 Å². The van der Waals surface area contributed by atoms with E-state index in [1.807, 2.05) is 20.8 Å². The summed E-state index contributed by atoms with van der Waals surface area (Å²) in [6, 6.07) is 8.95. The minimum atomic E-state index is -0.375. The summed E-state index contributed by atoms with van der Waals surface area (Å²) in [6.07, 6.45) is 1.64. The molecule has 2 aromatic carbocycles. The van der Waals surface area contributed by atoms with Crippen LogP contribution in [0.5, 0.6) is 5.75 Å². The maximum absolute atomic E-state index is 11.8. The summed E-state index contributed by atoms with van der Waals surface area (Å²) in [6.45, 7) is 5.87. The Morgan fingerprint density at radius 2 is 1.83 bits per heavy atom. The fourth-order valence-corrected chi connectivity index (χ4v) is 2.79. The van der Waals surface area contributed by atoms with Crippen molar-refractivity contribution in [2.45, 2.75) is 20.8 Å². The molecule has 0 bridgehead atoms. The van der Waals surface area contributed by atoms with E-state index in [1.165, 1.54) is 5.56 Å². The molecule has 2 rings (SSSR count). The average Bonchev–Trinajstić information content (AvgIpc) is 2.49. The molecule has 126 valence electrons. The third-order valence-corrected chi connectivity index (χ3v) is 3.90. The fourth-order valence-electron chi connectivity index (χ4n) is 2.33. The topological polar surface area (TPSA) is 50.7 Å². The second kappa shape index (κ2) is 8.18. The molecule has 1 N–H and O–H groups in total. The first-order valence-electron chi connectivity index (χ1n) is 7.34. The number of halogens is 2. The second-order valence-electron chi connectivity index (χ2n) is 5.47. The first kappa shape index (κ1) is 18.3. The maximum atomic E-state index is 11.8. The molecular weight excluding hydrogens is 347 g/mol. The van der Waals surface area contributed by atoms with Crippen LogP contribution in [0.2, 0.25) is 10.0 Å². The molecule has 0 aliphatic heterocycles. The van der Waals surface area contributed by atoms with Crippen LogP contribution in [0.15, 0.2) is 35.4 Å². The number of carbonyl (C=O) groups excluding carboxylic acids is 1. The first-order valence-corrected chi connectivity index (χ1v) is 8.10. The number of aryl methyl sites for hydroxylation is 3. The number of nitrogens with zero attached hydrogens (tertiary/aromatic N) is 1. The van der Waals surface area contributed by atoms with Gasteiger partial charge in [0.1, 0.15) is 5.75 Å². The SMILES string of the molecule is Cc1cc(C)c(/C=N/NC(=O)COc2ccc(Cl)cc2Cl)c(C)c1. The van der Waals surface area contributed by atoms with E-state index in [1.54, 1.807) is 24.4 Å². The normalized spacial score (nSPS) is 10.9. The van der Waals surface area contributed by atoms with Gasteiger partial charge in [-0.25, -0.2) is 5.43 Å². The van der Waals surface area contributed by atoms with E-state index in [-0.39, 0.29) is 12.5 Å². The van der Waals surface area contributed by atoms with Crippen LogP contribution in [0, 0.1) is 20.8 Å². The summed E-state index contributed by atoms with van der Waals surface area (Å²) in [5, 5.41) is 4.84. The van der Waals surface area contributed by atoms with Gasteiger partial charge in [0.2, 0.25) is 0 Å². The minimum absolute atomic E-state index is 0.190. The summed E-state index contributed by atoms with van der Waals surface area (Å²) in [4.78, 5) is 11.8. The molecule has 0 unspecified atom stereocenters. The molecule has 0 heterocycles. The van der Waals surface area contributed by atoms with Crippen LogP contribution in [-0.2, 0) is 4.79 Å². The van der Waals surface area contributed by atoms with E-state index in [9.17, 15) is 4.79 Å². The van der Waals surface area contributed by atoms with Crippen LogP contribution in [0.1, 0.15) is 22.3 Å². The Kier molecular flexibility index (Phi) is 6.23. The Labute approximate surface area is 151 Å². The molecule has 0 aliphatic rings. The molecule has 0 aliphatic carbocycles. The van der Waals surface area contributed by atoms with Crippen molar-refractivity contribution in [3.63, 3.8) is 0 Å². The van der Waals surface area contributed by atoms with Gasteiger partial charge in [-0.15, -0.1) is 0 Å². The third kappa shape index (κ3) is 4.98. The molecular formula is C18H18Cl2N2O2. The van der Waals surface area contributed by atoms with Crippen LogP contribution in [-0.4, -0.2) is 18.7 Å². The molecule has 2 aromatic rings. The zero-order valence-corrected chi connectivity index (χ0v) is 15.2. The van der Waals surface area contributed by atoms with E-state index in [4.69, 9.17) is 27.9 Å². The number of carbonyl (C=O) groups is 1. The van der Waals surface area contributed by atoms with Crippen LogP contribution in [0.3, 0.4) is 0 Å². The fraction of sp³-hybridized carbons (Fsp3) is 0.222. The van der Waals surface area contributed by atoms with Crippen molar-refractivity contribution in [2.75, 3.05) is 6.61 Å². The van der Waals surface area contributed by atoms with E-state index in [2.05, 4.69) is 22.7 Å². The van der Waals surface area contributed by atoms with Gasteiger partial charge in [-0.1, -0.05) is 40.9 Å². The zero-order valence-electron chi connectivity index (χ0n) is 13.7. The standard InChI is InChI=1S/C18H18Cl2N2O2/c1-11-6-12(2)15(13(3)7-11)9-21-22-18(23)10-24-17-5-4-14(19)8-16(17)20/h4-9H,10H2,1-3H3,(H,22,23)/b21-9+. The number of ether oxygens (including phenoxy) is 1. The highest BCUT2D eigenvalue weighted by molar-refractivity contribution is 6.35. The number of amides is 1. The number of benzene rings is 2. The Morgan fingerprint density at radius 3 is 2.46 bits per heavy atom. The van der Waals surface area contributed by atoms with Gasteiger partial charge in [0.15, 0.2) is 6.61 Å². The van der Waals surface area contributed by atoms with E-state index < -0.39 is 0 Å². The van der Waals surface area contributed by atoms with Gasteiger partial charge < -0.3 is 4.74 Å². The van der Waals surface area contributed by atoms with Crippen molar-refractivity contribution < 1.29 is 9.53 Å². The smallest absolute Gasteiger partial charge is 0.277 e. The predicted octanol–water partition coefficient (Wildman–Crippen LogP) is 4.45. The van der Waals surface area contributed by atoms with Crippen LogP contribution < -0.4 is 10.2 Å². The molecule has 0 aromatic heterocycles. The highest BCUT2D eigenvalue weighted by Crippen LogP contribution is 2.27. The summed E-state index contributed by atoms with van der Waals surface area (Å²) in [7, 11) is 0. The summed E-state index contributed by atoms with van der Waals surface area (Å²) in [5.74, 6) is 0.0186. The highest BCUT2D eigenvalue weighted by atomic mass is 35.5. The van der Waals surface area contributed by atoms with Gasteiger partial charge in [-0.3, -0.25) is 4.79 Å². The largest absolute Gasteiger partial charge is 0.482 e. The van der Waals surface area contributed by atoms with Crippen molar-refractivity contribution in [3.05, 3.63) is 62.6 Å². The molecule has 0 radical (unpaired) electrons. The van der Waals surface area contributed by atoms with Gasteiger partial charge >= 0.3 is 0 Å².